The minimum absolute atomic E-state index is 1.10. The van der Waals surface area contributed by atoms with Crippen LogP contribution in [0.25, 0.3) is 66.8 Å². The first-order valence-electron chi connectivity index (χ1n) is 23.2. The number of para-hydroxylation sites is 1. The van der Waals surface area contributed by atoms with Crippen LogP contribution in [0.15, 0.2) is 291 Å². The Bertz CT molecular complexity index is 3250. The van der Waals surface area contributed by atoms with E-state index in [1.54, 1.807) is 0 Å². The second kappa shape index (κ2) is 19.2. The molecular weight excluding hydrogens is 821 g/mol. The van der Waals surface area contributed by atoms with Crippen molar-refractivity contribution in [3.8, 4) is 66.8 Å². The molecule has 0 aliphatic heterocycles. The van der Waals surface area contributed by atoms with Crippen molar-refractivity contribution in [3.63, 3.8) is 0 Å². The molecule has 322 valence electrons. The summed E-state index contributed by atoms with van der Waals surface area (Å²) in [6.45, 7) is 0. The molecule has 0 aliphatic rings. The minimum Gasteiger partial charge on any atom is -0.311 e. The topological polar surface area (TPSA) is 6.48 Å². The van der Waals surface area contributed by atoms with Crippen molar-refractivity contribution in [2.45, 2.75) is 0 Å². The summed E-state index contributed by atoms with van der Waals surface area (Å²) in [5.41, 5.74) is 21.0. The van der Waals surface area contributed by atoms with Crippen molar-refractivity contribution >= 4 is 34.1 Å². The van der Waals surface area contributed by atoms with Gasteiger partial charge in [-0.1, -0.05) is 218 Å². The maximum absolute atomic E-state index is 2.33. The number of benzene rings is 11. The van der Waals surface area contributed by atoms with Crippen LogP contribution in [0.3, 0.4) is 0 Å². The second-order valence-corrected chi connectivity index (χ2v) is 17.0. The SMILES string of the molecule is c1ccc(-c2ccc(-c3ccc(N(c4ccccc4)c4ccc(-c5ccc(-c6ccc(N(c7ccc(-c8ccccc8)cc7)c7ccc(-c8ccccc8)cc7)cc6)cc5)cc4)cc3)cc2)cc1. The van der Waals surface area contributed by atoms with Crippen molar-refractivity contribution in [2.24, 2.45) is 0 Å². The third-order valence-electron chi connectivity index (χ3n) is 12.7. The quantitative estimate of drug-likeness (QED) is 0.121. The predicted molar refractivity (Wildman–Crippen MR) is 288 cm³/mol. The summed E-state index contributed by atoms with van der Waals surface area (Å²) in [7, 11) is 0. The lowest BCUT2D eigenvalue weighted by Crippen LogP contribution is -2.09. The predicted octanol–water partition coefficient (Wildman–Crippen LogP) is 18.6. The van der Waals surface area contributed by atoms with Gasteiger partial charge in [-0.2, -0.15) is 0 Å². The molecule has 2 nitrogen and oxygen atoms in total. The first kappa shape index (κ1) is 41.7. The Labute approximate surface area is 400 Å². The number of hydrogen-bond donors (Lipinski definition) is 0. The van der Waals surface area contributed by atoms with Crippen LogP contribution < -0.4 is 9.80 Å². The Morgan fingerprint density at radius 3 is 0.441 bits per heavy atom. The summed E-state index contributed by atoms with van der Waals surface area (Å²) in [4.78, 5) is 4.65. The van der Waals surface area contributed by atoms with Crippen LogP contribution in [-0.4, -0.2) is 0 Å². The zero-order valence-electron chi connectivity index (χ0n) is 37.6. The molecule has 0 bridgehead atoms. The molecule has 11 aromatic rings. The molecule has 0 heterocycles. The first-order chi connectivity index (χ1) is 33.7. The molecule has 68 heavy (non-hydrogen) atoms. The number of anilines is 6. The van der Waals surface area contributed by atoms with Crippen molar-refractivity contribution in [1.82, 2.24) is 0 Å². The molecule has 11 aromatic carbocycles. The molecule has 0 atom stereocenters. The van der Waals surface area contributed by atoms with E-state index >= 15 is 0 Å². The zero-order valence-corrected chi connectivity index (χ0v) is 37.6. The fourth-order valence-corrected chi connectivity index (χ4v) is 9.09. The van der Waals surface area contributed by atoms with E-state index in [1.165, 1.54) is 66.8 Å². The fourth-order valence-electron chi connectivity index (χ4n) is 9.09. The van der Waals surface area contributed by atoms with Gasteiger partial charge < -0.3 is 9.80 Å². The van der Waals surface area contributed by atoms with Gasteiger partial charge in [0.15, 0.2) is 0 Å². The van der Waals surface area contributed by atoms with Crippen molar-refractivity contribution < 1.29 is 0 Å². The molecule has 11 rings (SSSR count). The Morgan fingerprint density at radius 2 is 0.250 bits per heavy atom. The van der Waals surface area contributed by atoms with E-state index in [0.29, 0.717) is 0 Å². The molecule has 0 aromatic heterocycles. The standard InChI is InChI=1S/C66H48N2/c1-5-13-49(14-6-1)52-21-23-53(24-22-52)58-33-43-62(44-34-58)67(61-19-11-4-12-20-61)63-45-35-59(36-46-63)54-25-27-55(28-26-54)60-37-47-66(48-38-60)68(64-39-29-56(30-40-64)50-15-7-2-8-16-50)65-41-31-57(32-42-65)51-17-9-3-10-18-51/h1-48H. The van der Waals surface area contributed by atoms with Crippen LogP contribution in [0.1, 0.15) is 0 Å². The Hall–Kier alpha value is -8.98. The summed E-state index contributed by atoms with van der Waals surface area (Å²) in [6, 6.07) is 104. The number of hydrogen-bond acceptors (Lipinski definition) is 2. The van der Waals surface area contributed by atoms with E-state index in [0.717, 1.165) is 34.1 Å². The molecule has 0 amide bonds. The molecule has 0 saturated carbocycles. The van der Waals surface area contributed by atoms with Crippen LogP contribution in [-0.2, 0) is 0 Å². The Kier molecular flexibility index (Phi) is 11.8. The lowest BCUT2D eigenvalue weighted by Gasteiger charge is -2.26. The Balaban J connectivity index is 0.824. The molecule has 0 unspecified atom stereocenters. The van der Waals surface area contributed by atoms with Crippen LogP contribution in [0.2, 0.25) is 0 Å². The van der Waals surface area contributed by atoms with Crippen LogP contribution in [0.4, 0.5) is 34.1 Å². The average Bonchev–Trinajstić information content (AvgIpc) is 3.43. The molecule has 0 N–H and O–H groups in total. The van der Waals surface area contributed by atoms with E-state index in [1.807, 2.05) is 0 Å². The van der Waals surface area contributed by atoms with Crippen LogP contribution in [0, 0.1) is 0 Å². The summed E-state index contributed by atoms with van der Waals surface area (Å²) in [5.74, 6) is 0. The third-order valence-corrected chi connectivity index (χ3v) is 12.7. The monoisotopic (exact) mass is 868 g/mol. The van der Waals surface area contributed by atoms with Crippen molar-refractivity contribution in [2.75, 3.05) is 9.80 Å². The molecule has 0 radical (unpaired) electrons. The maximum atomic E-state index is 2.33. The minimum atomic E-state index is 1.10. The largest absolute Gasteiger partial charge is 0.311 e. The van der Waals surface area contributed by atoms with Gasteiger partial charge in [-0.25, -0.2) is 0 Å². The average molecular weight is 869 g/mol. The highest BCUT2D eigenvalue weighted by Gasteiger charge is 2.16. The molecular formula is C66H48N2. The van der Waals surface area contributed by atoms with Gasteiger partial charge in [0.1, 0.15) is 0 Å². The van der Waals surface area contributed by atoms with Gasteiger partial charge in [-0.05, 0) is 140 Å². The lowest BCUT2D eigenvalue weighted by atomic mass is 9.99. The second-order valence-electron chi connectivity index (χ2n) is 17.0. The van der Waals surface area contributed by atoms with Gasteiger partial charge in [-0.3, -0.25) is 0 Å². The molecule has 2 heteroatoms. The van der Waals surface area contributed by atoms with Gasteiger partial charge in [0.2, 0.25) is 0 Å². The summed E-state index contributed by atoms with van der Waals surface area (Å²) in [5, 5.41) is 0. The van der Waals surface area contributed by atoms with Crippen LogP contribution in [0.5, 0.6) is 0 Å². The summed E-state index contributed by atoms with van der Waals surface area (Å²) >= 11 is 0. The summed E-state index contributed by atoms with van der Waals surface area (Å²) < 4.78 is 0. The summed E-state index contributed by atoms with van der Waals surface area (Å²) in [6.07, 6.45) is 0. The normalized spacial score (nSPS) is 10.9. The van der Waals surface area contributed by atoms with Gasteiger partial charge >= 0.3 is 0 Å². The van der Waals surface area contributed by atoms with Crippen molar-refractivity contribution in [3.05, 3.63) is 291 Å². The van der Waals surface area contributed by atoms with E-state index in [4.69, 9.17) is 0 Å². The smallest absolute Gasteiger partial charge is 0.0462 e. The first-order valence-corrected chi connectivity index (χ1v) is 23.2. The number of rotatable bonds is 12. The zero-order chi connectivity index (χ0) is 45.5. The third kappa shape index (κ3) is 9.00. The van der Waals surface area contributed by atoms with Gasteiger partial charge in [-0.15, -0.1) is 0 Å². The fraction of sp³-hybridized carbons (Fsp3) is 0. The highest BCUT2D eigenvalue weighted by Crippen LogP contribution is 2.40. The maximum Gasteiger partial charge on any atom is 0.0462 e. The van der Waals surface area contributed by atoms with Gasteiger partial charge in [0.25, 0.3) is 0 Å². The highest BCUT2D eigenvalue weighted by atomic mass is 15.1. The van der Waals surface area contributed by atoms with Crippen LogP contribution >= 0.6 is 0 Å². The van der Waals surface area contributed by atoms with Gasteiger partial charge in [0, 0.05) is 34.1 Å². The van der Waals surface area contributed by atoms with E-state index in [2.05, 4.69) is 301 Å². The molecule has 0 fully saturated rings. The van der Waals surface area contributed by atoms with E-state index in [-0.39, 0.29) is 0 Å². The van der Waals surface area contributed by atoms with E-state index < -0.39 is 0 Å². The van der Waals surface area contributed by atoms with Gasteiger partial charge in [0.05, 0.1) is 0 Å². The van der Waals surface area contributed by atoms with E-state index in [9.17, 15) is 0 Å². The Morgan fingerprint density at radius 1 is 0.118 bits per heavy atom. The lowest BCUT2D eigenvalue weighted by molar-refractivity contribution is 1.28. The molecule has 0 spiro atoms. The number of nitrogens with zero attached hydrogens (tertiary/aromatic N) is 2. The van der Waals surface area contributed by atoms with Crippen molar-refractivity contribution in [1.29, 1.82) is 0 Å². The molecule has 0 saturated heterocycles. The molecule has 0 aliphatic carbocycles. The highest BCUT2D eigenvalue weighted by molar-refractivity contribution is 5.83.